The van der Waals surface area contributed by atoms with Crippen LogP contribution in [-0.4, -0.2) is 18.4 Å². The first kappa shape index (κ1) is 22.9. The van der Waals surface area contributed by atoms with Gasteiger partial charge in [0.1, 0.15) is 12.4 Å². The largest absolute Gasteiger partial charge is 0.487 e. The summed E-state index contributed by atoms with van der Waals surface area (Å²) >= 11 is 0. The molecule has 0 aliphatic carbocycles. The SMILES string of the molecule is CC(C)CC(=O)Nc1ccc(NC(=O)CNc2ccccc2OCc2ccccc2)cc1. The molecule has 3 N–H and O–H groups in total. The first-order valence-electron chi connectivity index (χ1n) is 10.7. The van der Waals surface area contributed by atoms with Crippen molar-refractivity contribution in [1.29, 1.82) is 0 Å². The Morgan fingerprint density at radius 2 is 1.38 bits per heavy atom. The van der Waals surface area contributed by atoms with Crippen molar-refractivity contribution in [2.24, 2.45) is 5.92 Å². The van der Waals surface area contributed by atoms with Gasteiger partial charge in [-0.05, 0) is 47.9 Å². The maximum absolute atomic E-state index is 12.4. The number of rotatable bonds is 10. The van der Waals surface area contributed by atoms with Gasteiger partial charge in [0.25, 0.3) is 0 Å². The van der Waals surface area contributed by atoms with Gasteiger partial charge in [0.15, 0.2) is 0 Å². The van der Waals surface area contributed by atoms with Gasteiger partial charge in [-0.3, -0.25) is 9.59 Å². The molecule has 3 aromatic rings. The fraction of sp³-hybridized carbons (Fsp3) is 0.231. The summed E-state index contributed by atoms with van der Waals surface area (Å²) in [5.41, 5.74) is 3.19. The molecule has 0 atom stereocenters. The summed E-state index contributed by atoms with van der Waals surface area (Å²) in [6.07, 6.45) is 0.473. The number of carbonyl (C=O) groups excluding carboxylic acids is 2. The second kappa shape index (κ2) is 11.6. The van der Waals surface area contributed by atoms with Crippen LogP contribution in [-0.2, 0) is 16.2 Å². The zero-order chi connectivity index (χ0) is 22.8. The van der Waals surface area contributed by atoms with E-state index in [-0.39, 0.29) is 18.4 Å². The van der Waals surface area contributed by atoms with E-state index in [1.54, 1.807) is 24.3 Å². The number of anilines is 3. The van der Waals surface area contributed by atoms with Gasteiger partial charge in [0.05, 0.1) is 12.2 Å². The standard InChI is InChI=1S/C26H29N3O3/c1-19(2)16-25(30)28-21-12-14-22(15-13-21)29-26(31)17-27-23-10-6-7-11-24(23)32-18-20-8-4-3-5-9-20/h3-15,19,27H,16-18H2,1-2H3,(H,28,30)(H,29,31). The molecular weight excluding hydrogens is 402 g/mol. The summed E-state index contributed by atoms with van der Waals surface area (Å²) in [5.74, 6) is 0.786. The highest BCUT2D eigenvalue weighted by Crippen LogP contribution is 2.24. The molecule has 3 rings (SSSR count). The molecule has 6 heteroatoms. The number of amides is 2. The fourth-order valence-corrected chi connectivity index (χ4v) is 3.07. The minimum atomic E-state index is -0.181. The lowest BCUT2D eigenvalue weighted by atomic mass is 10.1. The third-order valence-electron chi connectivity index (χ3n) is 4.61. The van der Waals surface area contributed by atoms with Gasteiger partial charge < -0.3 is 20.7 Å². The van der Waals surface area contributed by atoms with Crippen molar-refractivity contribution in [3.63, 3.8) is 0 Å². The number of carbonyl (C=O) groups is 2. The maximum Gasteiger partial charge on any atom is 0.243 e. The van der Waals surface area contributed by atoms with Crippen molar-refractivity contribution < 1.29 is 14.3 Å². The van der Waals surface area contributed by atoms with E-state index in [4.69, 9.17) is 4.74 Å². The zero-order valence-electron chi connectivity index (χ0n) is 18.4. The van der Waals surface area contributed by atoms with Crippen LogP contribution in [0.3, 0.4) is 0 Å². The lowest BCUT2D eigenvalue weighted by Gasteiger charge is -2.13. The van der Waals surface area contributed by atoms with E-state index >= 15 is 0 Å². The van der Waals surface area contributed by atoms with Crippen LogP contribution in [0.5, 0.6) is 5.75 Å². The van der Waals surface area contributed by atoms with E-state index in [1.165, 1.54) is 0 Å². The van der Waals surface area contributed by atoms with Crippen molar-refractivity contribution in [2.45, 2.75) is 26.9 Å². The summed E-state index contributed by atoms with van der Waals surface area (Å²) in [6, 6.07) is 24.5. The smallest absolute Gasteiger partial charge is 0.243 e. The first-order valence-corrected chi connectivity index (χ1v) is 10.7. The summed E-state index contributed by atoms with van der Waals surface area (Å²) < 4.78 is 5.91. The van der Waals surface area contributed by atoms with Crippen LogP contribution in [0, 0.1) is 5.92 Å². The lowest BCUT2D eigenvalue weighted by molar-refractivity contribution is -0.117. The summed E-state index contributed by atoms with van der Waals surface area (Å²) in [5, 5.41) is 8.83. The normalized spacial score (nSPS) is 10.5. The summed E-state index contributed by atoms with van der Waals surface area (Å²) in [6.45, 7) is 4.55. The molecule has 0 aromatic heterocycles. The van der Waals surface area contributed by atoms with Crippen LogP contribution in [0.2, 0.25) is 0 Å². The Morgan fingerprint density at radius 3 is 2.03 bits per heavy atom. The molecule has 0 aliphatic heterocycles. The van der Waals surface area contributed by atoms with Crippen molar-refractivity contribution >= 4 is 28.9 Å². The van der Waals surface area contributed by atoms with Crippen LogP contribution in [0.1, 0.15) is 25.8 Å². The molecule has 6 nitrogen and oxygen atoms in total. The number of nitrogens with one attached hydrogen (secondary N) is 3. The molecule has 0 aliphatic rings. The van der Waals surface area contributed by atoms with Crippen molar-refractivity contribution in [1.82, 2.24) is 0 Å². The molecule has 3 aromatic carbocycles. The van der Waals surface area contributed by atoms with Gasteiger partial charge in [0, 0.05) is 17.8 Å². The van der Waals surface area contributed by atoms with Crippen LogP contribution in [0.25, 0.3) is 0 Å². The van der Waals surface area contributed by atoms with Gasteiger partial charge in [-0.2, -0.15) is 0 Å². The van der Waals surface area contributed by atoms with E-state index in [9.17, 15) is 9.59 Å². The molecule has 0 heterocycles. The van der Waals surface area contributed by atoms with E-state index in [0.29, 0.717) is 36.1 Å². The number of hydrogen-bond acceptors (Lipinski definition) is 4. The van der Waals surface area contributed by atoms with Gasteiger partial charge in [-0.1, -0.05) is 56.3 Å². The monoisotopic (exact) mass is 431 g/mol. The van der Waals surface area contributed by atoms with E-state index in [1.807, 2.05) is 68.4 Å². The lowest BCUT2D eigenvalue weighted by Crippen LogP contribution is -2.22. The maximum atomic E-state index is 12.4. The third-order valence-corrected chi connectivity index (χ3v) is 4.61. The van der Waals surface area contributed by atoms with Gasteiger partial charge >= 0.3 is 0 Å². The number of benzene rings is 3. The van der Waals surface area contributed by atoms with Crippen molar-refractivity contribution in [2.75, 3.05) is 22.5 Å². The van der Waals surface area contributed by atoms with Crippen LogP contribution >= 0.6 is 0 Å². The van der Waals surface area contributed by atoms with Crippen molar-refractivity contribution in [3.05, 3.63) is 84.4 Å². The molecular formula is C26H29N3O3. The minimum absolute atomic E-state index is 0.0193. The van der Waals surface area contributed by atoms with Crippen LogP contribution < -0.4 is 20.7 Å². The second-order valence-corrected chi connectivity index (χ2v) is 7.90. The van der Waals surface area contributed by atoms with Crippen LogP contribution in [0.4, 0.5) is 17.1 Å². The highest BCUT2D eigenvalue weighted by molar-refractivity contribution is 5.95. The summed E-state index contributed by atoms with van der Waals surface area (Å²) in [4.78, 5) is 24.2. The molecule has 32 heavy (non-hydrogen) atoms. The topological polar surface area (TPSA) is 79.5 Å². The highest BCUT2D eigenvalue weighted by Gasteiger charge is 2.08. The molecule has 166 valence electrons. The Balaban J connectivity index is 1.49. The molecule has 0 spiro atoms. The molecule has 0 fully saturated rings. The molecule has 0 radical (unpaired) electrons. The van der Waals surface area contributed by atoms with Crippen LogP contribution in [0.15, 0.2) is 78.9 Å². The minimum Gasteiger partial charge on any atom is -0.487 e. The van der Waals surface area contributed by atoms with E-state index < -0.39 is 0 Å². The predicted octanol–water partition coefficient (Wildman–Crippen LogP) is 5.30. The Kier molecular flexibility index (Phi) is 8.26. The Labute approximate surface area is 189 Å². The Morgan fingerprint density at radius 1 is 0.781 bits per heavy atom. The third kappa shape index (κ3) is 7.47. The number of ether oxygens (including phenoxy) is 1. The molecule has 0 saturated carbocycles. The molecule has 2 amide bonds. The first-order chi connectivity index (χ1) is 15.5. The highest BCUT2D eigenvalue weighted by atomic mass is 16.5. The number of para-hydroxylation sites is 2. The zero-order valence-corrected chi connectivity index (χ0v) is 18.4. The summed E-state index contributed by atoms with van der Waals surface area (Å²) in [7, 11) is 0. The number of hydrogen-bond donors (Lipinski definition) is 3. The molecule has 0 bridgehead atoms. The van der Waals surface area contributed by atoms with Crippen molar-refractivity contribution in [3.8, 4) is 5.75 Å². The van der Waals surface area contributed by atoms with Gasteiger partial charge in [-0.25, -0.2) is 0 Å². The van der Waals surface area contributed by atoms with Gasteiger partial charge in [0.2, 0.25) is 11.8 Å². The van der Waals surface area contributed by atoms with E-state index in [0.717, 1.165) is 11.3 Å². The molecule has 0 saturated heterocycles. The van der Waals surface area contributed by atoms with E-state index in [2.05, 4.69) is 16.0 Å². The average molecular weight is 432 g/mol. The molecule has 0 unspecified atom stereocenters. The Hall–Kier alpha value is -3.80. The quantitative estimate of drug-likeness (QED) is 0.407. The Bertz CT molecular complexity index is 1020. The second-order valence-electron chi connectivity index (χ2n) is 7.90. The fourth-order valence-electron chi connectivity index (χ4n) is 3.07. The average Bonchev–Trinajstić information content (AvgIpc) is 2.78. The predicted molar refractivity (Wildman–Crippen MR) is 129 cm³/mol. The van der Waals surface area contributed by atoms with Gasteiger partial charge in [-0.15, -0.1) is 0 Å².